The number of anilines is 1. The lowest BCUT2D eigenvalue weighted by molar-refractivity contribution is -0.138. The van der Waals surface area contributed by atoms with Crippen molar-refractivity contribution in [2.45, 2.75) is 51.8 Å². The molecule has 2 amide bonds. The third kappa shape index (κ3) is 4.56. The smallest absolute Gasteiger partial charge is 0.263 e. The number of carbonyl (C=O) groups is 2. The molecule has 6 heteroatoms. The Bertz CT molecular complexity index is 907. The van der Waals surface area contributed by atoms with Gasteiger partial charge in [-0.15, -0.1) is 0 Å². The molecular weight excluding hydrogens is 388 g/mol. The molecule has 5 nitrogen and oxygen atoms in total. The molecule has 2 aliphatic rings. The van der Waals surface area contributed by atoms with Gasteiger partial charge in [0.1, 0.15) is 5.75 Å². The summed E-state index contributed by atoms with van der Waals surface area (Å²) < 4.78 is 5.89. The molecule has 0 bridgehead atoms. The summed E-state index contributed by atoms with van der Waals surface area (Å²) >= 11 is 5.97. The zero-order chi connectivity index (χ0) is 20.4. The Kier molecular flexibility index (Phi) is 5.76. The zero-order valence-corrected chi connectivity index (χ0v) is 17.2. The standard InChI is InChI=1S/C23H25ClN2O3/c1-15-23(28)26(13-16-6-8-19(24)9-7-16)14-18-12-20(10-11-21(18)29-15)25-22(27)17-4-2-3-5-17/h6-12,15,17H,2-5,13-14H2,1H3,(H,25,27). The predicted octanol–water partition coefficient (Wildman–Crippen LogP) is 4.78. The van der Waals surface area contributed by atoms with E-state index >= 15 is 0 Å². The van der Waals surface area contributed by atoms with Crippen LogP contribution in [0.5, 0.6) is 5.75 Å². The number of fused-ring (bicyclic) bond motifs is 1. The second-order valence-corrected chi connectivity index (χ2v) is 8.31. The number of nitrogens with one attached hydrogen (secondary N) is 1. The quantitative estimate of drug-likeness (QED) is 0.786. The molecule has 1 heterocycles. The second-order valence-electron chi connectivity index (χ2n) is 7.87. The van der Waals surface area contributed by atoms with Gasteiger partial charge >= 0.3 is 0 Å². The first-order valence-electron chi connectivity index (χ1n) is 10.1. The predicted molar refractivity (Wildman–Crippen MR) is 113 cm³/mol. The number of carbonyl (C=O) groups excluding carboxylic acids is 2. The first-order valence-corrected chi connectivity index (χ1v) is 10.5. The number of benzene rings is 2. The normalized spacial score (nSPS) is 19.4. The van der Waals surface area contributed by atoms with Crippen LogP contribution in [0.4, 0.5) is 5.69 Å². The van der Waals surface area contributed by atoms with Gasteiger partial charge in [0.15, 0.2) is 6.10 Å². The molecule has 1 saturated carbocycles. The van der Waals surface area contributed by atoms with Gasteiger partial charge in [-0.2, -0.15) is 0 Å². The summed E-state index contributed by atoms with van der Waals surface area (Å²) in [5, 5.41) is 3.70. The Hall–Kier alpha value is -2.53. The highest BCUT2D eigenvalue weighted by Gasteiger charge is 2.28. The van der Waals surface area contributed by atoms with Crippen molar-refractivity contribution in [1.82, 2.24) is 4.90 Å². The van der Waals surface area contributed by atoms with Gasteiger partial charge in [-0.05, 0) is 55.7 Å². The molecule has 0 saturated heterocycles. The molecule has 1 aliphatic carbocycles. The summed E-state index contributed by atoms with van der Waals surface area (Å²) in [5.74, 6) is 0.809. The van der Waals surface area contributed by atoms with E-state index in [-0.39, 0.29) is 17.7 Å². The van der Waals surface area contributed by atoms with Crippen molar-refractivity contribution < 1.29 is 14.3 Å². The highest BCUT2D eigenvalue weighted by atomic mass is 35.5. The fourth-order valence-electron chi connectivity index (χ4n) is 4.05. The highest BCUT2D eigenvalue weighted by molar-refractivity contribution is 6.30. The van der Waals surface area contributed by atoms with E-state index in [0.717, 1.165) is 42.5 Å². The summed E-state index contributed by atoms with van der Waals surface area (Å²) in [7, 11) is 0. The number of hydrogen-bond donors (Lipinski definition) is 1. The van der Waals surface area contributed by atoms with Gasteiger partial charge < -0.3 is 15.0 Å². The molecule has 1 aliphatic heterocycles. The molecule has 29 heavy (non-hydrogen) atoms. The first-order chi connectivity index (χ1) is 14.0. The van der Waals surface area contributed by atoms with Gasteiger partial charge in [0.05, 0.1) is 0 Å². The number of rotatable bonds is 4. The molecule has 152 valence electrons. The summed E-state index contributed by atoms with van der Waals surface area (Å²) in [6.07, 6.45) is 3.59. The second kappa shape index (κ2) is 8.46. The fourth-order valence-corrected chi connectivity index (χ4v) is 4.18. The van der Waals surface area contributed by atoms with E-state index in [1.807, 2.05) is 42.5 Å². The lowest BCUT2D eigenvalue weighted by Gasteiger charge is -2.22. The molecule has 1 unspecified atom stereocenters. The van der Waals surface area contributed by atoms with Crippen LogP contribution in [-0.2, 0) is 22.7 Å². The third-order valence-corrected chi connectivity index (χ3v) is 5.92. The summed E-state index contributed by atoms with van der Waals surface area (Å²) in [5.41, 5.74) is 2.64. The van der Waals surface area contributed by atoms with Crippen molar-refractivity contribution in [3.63, 3.8) is 0 Å². The number of nitrogens with zero attached hydrogens (tertiary/aromatic N) is 1. The maximum Gasteiger partial charge on any atom is 0.263 e. The van der Waals surface area contributed by atoms with Crippen molar-refractivity contribution in [3.8, 4) is 5.75 Å². The maximum absolute atomic E-state index is 12.8. The van der Waals surface area contributed by atoms with Crippen molar-refractivity contribution in [1.29, 1.82) is 0 Å². The van der Waals surface area contributed by atoms with Crippen LogP contribution in [0.1, 0.15) is 43.7 Å². The SMILES string of the molecule is CC1Oc2ccc(NC(=O)C3CCCC3)cc2CN(Cc2ccc(Cl)cc2)C1=O. The third-order valence-electron chi connectivity index (χ3n) is 5.67. The van der Waals surface area contributed by atoms with Gasteiger partial charge in [0.25, 0.3) is 5.91 Å². The number of ether oxygens (including phenoxy) is 1. The molecule has 1 fully saturated rings. The Morgan fingerprint density at radius 3 is 2.62 bits per heavy atom. The highest BCUT2D eigenvalue weighted by Crippen LogP contribution is 2.31. The molecule has 0 spiro atoms. The van der Waals surface area contributed by atoms with Crippen LogP contribution in [0.15, 0.2) is 42.5 Å². The van der Waals surface area contributed by atoms with E-state index in [2.05, 4.69) is 5.32 Å². The van der Waals surface area contributed by atoms with Gasteiger partial charge in [-0.25, -0.2) is 0 Å². The monoisotopic (exact) mass is 412 g/mol. The Balaban J connectivity index is 1.53. The van der Waals surface area contributed by atoms with Crippen LogP contribution in [0.25, 0.3) is 0 Å². The van der Waals surface area contributed by atoms with E-state index < -0.39 is 6.10 Å². The van der Waals surface area contributed by atoms with Gasteiger partial charge in [0, 0.05) is 35.3 Å². The van der Waals surface area contributed by atoms with Crippen molar-refractivity contribution in [2.24, 2.45) is 5.92 Å². The van der Waals surface area contributed by atoms with Crippen LogP contribution in [-0.4, -0.2) is 22.8 Å². The fraction of sp³-hybridized carbons (Fsp3) is 0.391. The minimum Gasteiger partial charge on any atom is -0.481 e. The average Bonchev–Trinajstić information content (AvgIpc) is 3.22. The van der Waals surface area contributed by atoms with Crippen molar-refractivity contribution >= 4 is 29.1 Å². The summed E-state index contributed by atoms with van der Waals surface area (Å²) in [6, 6.07) is 13.1. The van der Waals surface area contributed by atoms with Crippen LogP contribution < -0.4 is 10.1 Å². The van der Waals surface area contributed by atoms with E-state index in [4.69, 9.17) is 16.3 Å². The van der Waals surface area contributed by atoms with Gasteiger partial charge in [-0.1, -0.05) is 36.6 Å². The van der Waals surface area contributed by atoms with Crippen molar-refractivity contribution in [3.05, 3.63) is 58.6 Å². The maximum atomic E-state index is 12.8. The summed E-state index contributed by atoms with van der Waals surface area (Å²) in [4.78, 5) is 27.1. The average molecular weight is 413 g/mol. The van der Waals surface area contributed by atoms with Crippen LogP contribution in [0.2, 0.25) is 5.02 Å². The van der Waals surface area contributed by atoms with Crippen LogP contribution >= 0.6 is 11.6 Å². The van der Waals surface area contributed by atoms with Crippen LogP contribution in [0, 0.1) is 5.92 Å². The zero-order valence-electron chi connectivity index (χ0n) is 16.5. The summed E-state index contributed by atoms with van der Waals surface area (Å²) in [6.45, 7) is 2.66. The molecular formula is C23H25ClN2O3. The Morgan fingerprint density at radius 1 is 1.17 bits per heavy atom. The molecule has 0 radical (unpaired) electrons. The van der Waals surface area contributed by atoms with Gasteiger partial charge in [0.2, 0.25) is 5.91 Å². The molecule has 4 rings (SSSR count). The molecule has 0 aromatic heterocycles. The first kappa shape index (κ1) is 19.8. The van der Waals surface area contributed by atoms with Crippen molar-refractivity contribution in [2.75, 3.05) is 5.32 Å². The molecule has 2 aromatic rings. The van der Waals surface area contributed by atoms with Crippen LogP contribution in [0.3, 0.4) is 0 Å². The lowest BCUT2D eigenvalue weighted by Crippen LogP contribution is -2.37. The molecule has 1 N–H and O–H groups in total. The number of halogens is 1. The van der Waals surface area contributed by atoms with E-state index in [1.165, 1.54) is 0 Å². The Morgan fingerprint density at radius 2 is 1.90 bits per heavy atom. The van der Waals surface area contributed by atoms with E-state index in [1.54, 1.807) is 11.8 Å². The largest absolute Gasteiger partial charge is 0.481 e. The topological polar surface area (TPSA) is 58.6 Å². The molecule has 2 aromatic carbocycles. The van der Waals surface area contributed by atoms with E-state index in [0.29, 0.717) is 23.9 Å². The molecule has 1 atom stereocenters. The van der Waals surface area contributed by atoms with E-state index in [9.17, 15) is 9.59 Å². The number of amides is 2. The minimum atomic E-state index is -0.567. The lowest BCUT2D eigenvalue weighted by atomic mass is 10.1. The van der Waals surface area contributed by atoms with Gasteiger partial charge in [-0.3, -0.25) is 9.59 Å². The number of hydrogen-bond acceptors (Lipinski definition) is 3. The minimum absolute atomic E-state index is 0.0623. The Labute approximate surface area is 176 Å².